The first kappa shape index (κ1) is 30.4. The molecule has 0 spiro atoms. The lowest BCUT2D eigenvalue weighted by atomic mass is 10.1. The number of para-hydroxylation sites is 2. The molecule has 2 unspecified atom stereocenters. The normalized spacial score (nSPS) is 11.5. The zero-order valence-corrected chi connectivity index (χ0v) is 20.1. The maximum absolute atomic E-state index is 12.4. The van der Waals surface area contributed by atoms with Crippen LogP contribution in [0.3, 0.4) is 0 Å². The van der Waals surface area contributed by atoms with Crippen LogP contribution in [0.25, 0.3) is 0 Å². The van der Waals surface area contributed by atoms with Crippen molar-refractivity contribution in [1.29, 1.82) is 0 Å². The number of hydrogen-bond donors (Lipinski definition) is 2. The monoisotopic (exact) mass is 512 g/mol. The largest absolute Gasteiger partial charge is 0.421 e. The van der Waals surface area contributed by atoms with Gasteiger partial charge in [-0.1, -0.05) is 72.8 Å². The van der Waals surface area contributed by atoms with Crippen molar-refractivity contribution in [3.63, 3.8) is 0 Å². The number of carbonyl (C=O) groups is 2. The van der Waals surface area contributed by atoms with E-state index in [9.17, 15) is 9.59 Å². The lowest BCUT2D eigenvalue weighted by molar-refractivity contribution is -0.138. The van der Waals surface area contributed by atoms with Gasteiger partial charge in [0.2, 0.25) is 0 Å². The fourth-order valence-corrected chi connectivity index (χ4v) is 2.89. The first-order valence-electron chi connectivity index (χ1n) is 9.64. The number of esters is 2. The first-order valence-corrected chi connectivity index (χ1v) is 9.64. The van der Waals surface area contributed by atoms with Gasteiger partial charge < -0.3 is 20.9 Å². The maximum atomic E-state index is 12.4. The fraction of sp³-hybridized carbons (Fsp3) is 0.167. The molecule has 0 aliphatic carbocycles. The van der Waals surface area contributed by atoms with E-state index in [-0.39, 0.29) is 48.7 Å². The summed E-state index contributed by atoms with van der Waals surface area (Å²) < 4.78 is 10.8. The van der Waals surface area contributed by atoms with Crippen LogP contribution in [0.1, 0.15) is 11.1 Å². The van der Waals surface area contributed by atoms with Crippen LogP contribution in [0.15, 0.2) is 84.9 Å². The highest BCUT2D eigenvalue weighted by Crippen LogP contribution is 2.27. The lowest BCUT2D eigenvalue weighted by Gasteiger charge is -2.15. The van der Waals surface area contributed by atoms with E-state index < -0.39 is 24.0 Å². The van der Waals surface area contributed by atoms with Gasteiger partial charge in [-0.25, -0.2) is 9.59 Å². The van der Waals surface area contributed by atoms with Crippen molar-refractivity contribution in [3.05, 3.63) is 96.1 Å². The molecule has 3 rings (SSSR count). The molecule has 0 saturated carbocycles. The van der Waals surface area contributed by atoms with E-state index in [2.05, 4.69) is 0 Å². The highest BCUT2D eigenvalue weighted by Gasteiger charge is 2.21. The zero-order chi connectivity index (χ0) is 21.3. The highest BCUT2D eigenvalue weighted by atomic mass is 35.5. The summed E-state index contributed by atoms with van der Waals surface area (Å²) in [7, 11) is 0. The van der Waals surface area contributed by atoms with Crippen LogP contribution in [0.4, 0.5) is 0 Å². The third kappa shape index (κ3) is 9.42. The second-order valence-electron chi connectivity index (χ2n) is 6.88. The summed E-state index contributed by atoms with van der Waals surface area (Å²) in [4.78, 5) is 24.8. The molecule has 0 heterocycles. The van der Waals surface area contributed by atoms with Crippen LogP contribution in [0.2, 0.25) is 0 Å². The van der Waals surface area contributed by atoms with Gasteiger partial charge in [-0.05, 0) is 36.1 Å². The summed E-state index contributed by atoms with van der Waals surface area (Å²) in [6.07, 6.45) is 0.674. The van der Waals surface area contributed by atoms with E-state index in [1.807, 2.05) is 60.7 Å². The number of nitrogens with two attached hydrogens (primary N) is 2. The molecule has 0 fully saturated rings. The Hall–Kier alpha value is -2.61. The van der Waals surface area contributed by atoms with Crippen LogP contribution in [-0.2, 0) is 22.4 Å². The first-order chi connectivity index (χ1) is 14.5. The second kappa shape index (κ2) is 15.3. The summed E-state index contributed by atoms with van der Waals surface area (Å²) in [5.41, 5.74) is 13.8. The van der Waals surface area contributed by atoms with E-state index >= 15 is 0 Å². The molecule has 3 aromatic rings. The minimum atomic E-state index is -0.850. The predicted molar refractivity (Wildman–Crippen MR) is 136 cm³/mol. The van der Waals surface area contributed by atoms with Crippen molar-refractivity contribution in [1.82, 2.24) is 0 Å². The van der Waals surface area contributed by atoms with Gasteiger partial charge in [-0.2, -0.15) is 0 Å². The molecule has 0 radical (unpaired) electrons. The SMILES string of the molecule is Cl.Cl.Cl.NC(Cc1ccccc1)C(=O)Oc1ccccc1OC(=O)C(N)Cc1ccccc1. The molecule has 4 N–H and O–H groups in total. The van der Waals surface area contributed by atoms with E-state index in [1.54, 1.807) is 24.3 Å². The van der Waals surface area contributed by atoms with E-state index in [0.717, 1.165) is 11.1 Å². The topological polar surface area (TPSA) is 105 Å². The van der Waals surface area contributed by atoms with E-state index in [1.165, 1.54) is 0 Å². The van der Waals surface area contributed by atoms with Gasteiger partial charge in [-0.3, -0.25) is 0 Å². The molecule has 9 heteroatoms. The third-order valence-corrected chi connectivity index (χ3v) is 4.47. The van der Waals surface area contributed by atoms with Gasteiger partial charge in [0.05, 0.1) is 0 Å². The Bertz CT molecular complexity index is 911. The van der Waals surface area contributed by atoms with E-state index in [4.69, 9.17) is 20.9 Å². The highest BCUT2D eigenvalue weighted by molar-refractivity contribution is 5.86. The lowest BCUT2D eigenvalue weighted by Crippen LogP contribution is -2.37. The number of benzene rings is 3. The molecule has 0 aromatic heterocycles. The molecule has 0 saturated heterocycles. The van der Waals surface area contributed by atoms with Crippen LogP contribution >= 0.6 is 37.2 Å². The summed E-state index contributed by atoms with van der Waals surface area (Å²) in [6.45, 7) is 0. The second-order valence-corrected chi connectivity index (χ2v) is 6.88. The summed E-state index contributed by atoms with van der Waals surface area (Å²) in [5, 5.41) is 0. The van der Waals surface area contributed by atoms with Gasteiger partial charge in [0.15, 0.2) is 11.5 Å². The number of ether oxygens (including phenoxy) is 2. The summed E-state index contributed by atoms with van der Waals surface area (Å²) in [6, 6.07) is 23.6. The number of halogens is 3. The molecule has 6 nitrogen and oxygen atoms in total. The minimum absolute atomic E-state index is 0. The van der Waals surface area contributed by atoms with Crippen LogP contribution in [0.5, 0.6) is 11.5 Å². The van der Waals surface area contributed by atoms with Gasteiger partial charge >= 0.3 is 11.9 Å². The average Bonchev–Trinajstić information content (AvgIpc) is 2.76. The Morgan fingerprint density at radius 3 is 1.21 bits per heavy atom. The Labute approximate surface area is 211 Å². The molecule has 33 heavy (non-hydrogen) atoms. The minimum Gasteiger partial charge on any atom is -0.421 e. The summed E-state index contributed by atoms with van der Waals surface area (Å²) in [5.74, 6) is -0.996. The average molecular weight is 514 g/mol. The number of rotatable bonds is 8. The molecular formula is C24H27Cl3N2O4. The maximum Gasteiger partial charge on any atom is 0.328 e. The van der Waals surface area contributed by atoms with Gasteiger partial charge in [0.1, 0.15) is 12.1 Å². The van der Waals surface area contributed by atoms with Crippen molar-refractivity contribution >= 4 is 49.2 Å². The fourth-order valence-electron chi connectivity index (χ4n) is 2.89. The van der Waals surface area contributed by atoms with Crippen molar-refractivity contribution in [2.45, 2.75) is 24.9 Å². The van der Waals surface area contributed by atoms with Crippen molar-refractivity contribution in [2.75, 3.05) is 0 Å². The molecular weight excluding hydrogens is 487 g/mol. The molecule has 2 atom stereocenters. The smallest absolute Gasteiger partial charge is 0.328 e. The van der Waals surface area contributed by atoms with Crippen LogP contribution in [-0.4, -0.2) is 24.0 Å². The number of hydrogen-bond acceptors (Lipinski definition) is 6. The molecule has 0 amide bonds. The zero-order valence-electron chi connectivity index (χ0n) is 17.7. The van der Waals surface area contributed by atoms with Crippen LogP contribution in [0, 0.1) is 0 Å². The Kier molecular flexibility index (Phi) is 14.1. The summed E-state index contributed by atoms with van der Waals surface area (Å²) >= 11 is 0. The van der Waals surface area contributed by atoms with Crippen LogP contribution < -0.4 is 20.9 Å². The van der Waals surface area contributed by atoms with Crippen molar-refractivity contribution < 1.29 is 19.1 Å². The molecule has 0 bridgehead atoms. The molecule has 0 aliphatic rings. The molecule has 178 valence electrons. The van der Waals surface area contributed by atoms with Gasteiger partial charge in [0, 0.05) is 0 Å². The molecule has 0 aliphatic heterocycles. The Balaban J connectivity index is 0.00000341. The van der Waals surface area contributed by atoms with Gasteiger partial charge in [0.25, 0.3) is 0 Å². The van der Waals surface area contributed by atoms with E-state index in [0.29, 0.717) is 12.8 Å². The number of carbonyl (C=O) groups excluding carboxylic acids is 2. The van der Waals surface area contributed by atoms with Gasteiger partial charge in [-0.15, -0.1) is 37.2 Å². The Morgan fingerprint density at radius 1 is 0.576 bits per heavy atom. The van der Waals surface area contributed by atoms with Crippen molar-refractivity contribution in [3.8, 4) is 11.5 Å². The Morgan fingerprint density at radius 2 is 0.879 bits per heavy atom. The standard InChI is InChI=1S/C24H24N2O4.3ClH/c25-19(15-17-9-3-1-4-10-17)23(27)29-21-13-7-8-14-22(21)30-24(28)20(26)16-18-11-5-2-6-12-18;;;/h1-14,19-20H,15-16,25-26H2;3*1H. The quantitative estimate of drug-likeness (QED) is 0.350. The third-order valence-electron chi connectivity index (χ3n) is 4.47. The predicted octanol–water partition coefficient (Wildman–Crippen LogP) is 3.90. The van der Waals surface area contributed by atoms with Crippen molar-refractivity contribution in [2.24, 2.45) is 11.5 Å². The molecule has 3 aromatic carbocycles.